The van der Waals surface area contributed by atoms with Crippen LogP contribution in [0.15, 0.2) is 0 Å². The van der Waals surface area contributed by atoms with E-state index in [9.17, 15) is 96.4 Å². The summed E-state index contributed by atoms with van der Waals surface area (Å²) in [5, 5.41) is 177. The van der Waals surface area contributed by atoms with Gasteiger partial charge in [-0.15, -0.1) is 0 Å². The predicted octanol–water partition coefficient (Wildman–Crippen LogP) is -6.57. The number of aliphatic hydroxyl groups excluding tert-OH is 18. The van der Waals surface area contributed by atoms with Crippen LogP contribution in [0.3, 0.4) is 0 Å². The van der Waals surface area contributed by atoms with Gasteiger partial charge in [-0.2, -0.15) is 0 Å². The minimum Gasteiger partial charge on any atom is -0.394 e. The Hall–Kier alpha value is -1.58. The molecule has 3 fully saturated rings. The molecule has 23 atom stereocenters. The maximum atomic E-state index is 12.2. The predicted molar refractivity (Wildman–Crippen MR) is 236 cm³/mol. The third-order valence-electron chi connectivity index (χ3n) is 12.0. The normalized spacial score (nSPS) is 35.9. The lowest BCUT2D eigenvalue weighted by molar-refractivity contribution is -0.323. The van der Waals surface area contributed by atoms with Crippen molar-refractivity contribution < 1.29 is 125 Å². The van der Waals surface area contributed by atoms with E-state index in [1.165, 1.54) is 41.5 Å². The summed E-state index contributed by atoms with van der Waals surface area (Å²) in [7, 11) is 0. The molecule has 0 bridgehead atoms. The van der Waals surface area contributed by atoms with E-state index in [4.69, 9.17) is 28.8 Å². The second kappa shape index (κ2) is 27.6. The molecule has 0 aromatic heterocycles. The Kier molecular flexibility index (Phi) is 26.2. The number of Topliss-reactive ketones (excluding diaryl/α,β-unsaturated/α-hetero) is 2. The van der Waals surface area contributed by atoms with Gasteiger partial charge in [-0.25, -0.2) is 0 Å². The van der Waals surface area contributed by atoms with Crippen molar-refractivity contribution in [2.75, 3.05) is 19.8 Å². The van der Waals surface area contributed by atoms with E-state index < -0.39 is 176 Å². The summed E-state index contributed by atoms with van der Waals surface area (Å²) in [5.74, 6) is -1.44. The molecule has 0 radical (unpaired) electrons. The molecule has 0 aromatic rings. The van der Waals surface area contributed by atoms with Gasteiger partial charge in [0.05, 0.1) is 38.1 Å². The number of carbonyl (C=O) groups is 2. The zero-order valence-corrected chi connectivity index (χ0v) is 41.2. The van der Waals surface area contributed by atoms with Crippen LogP contribution in [0.25, 0.3) is 0 Å². The zero-order valence-electron chi connectivity index (χ0n) is 41.2. The summed E-state index contributed by atoms with van der Waals surface area (Å²) in [6.07, 6.45) is -33.3. The molecule has 69 heavy (non-hydrogen) atoms. The second-order valence-electron chi connectivity index (χ2n) is 20.8. The van der Waals surface area contributed by atoms with Crippen molar-refractivity contribution in [2.45, 2.75) is 230 Å². The number of rotatable bonds is 17. The molecule has 0 aromatic carbocycles. The summed E-state index contributed by atoms with van der Waals surface area (Å²) in [5.41, 5.74) is -2.34. The van der Waals surface area contributed by atoms with Crippen LogP contribution < -0.4 is 0 Å². The average molecular weight is 1010 g/mol. The fourth-order valence-corrected chi connectivity index (χ4v) is 7.40. The molecular formula is C44H84O25. The summed E-state index contributed by atoms with van der Waals surface area (Å²) < 4.78 is 26.7. The maximum absolute atomic E-state index is 12.2. The minimum atomic E-state index is -1.97. The van der Waals surface area contributed by atoms with Gasteiger partial charge in [-0.05, 0) is 18.3 Å². The lowest BCUT2D eigenvalue weighted by atomic mass is 9.80. The first kappa shape index (κ1) is 65.4. The van der Waals surface area contributed by atoms with Crippen LogP contribution in [0, 0.1) is 16.2 Å². The van der Waals surface area contributed by atoms with E-state index in [2.05, 4.69) is 0 Å². The monoisotopic (exact) mass is 1010 g/mol. The van der Waals surface area contributed by atoms with E-state index in [1.54, 1.807) is 13.8 Å². The van der Waals surface area contributed by atoms with Crippen LogP contribution in [0.5, 0.6) is 0 Å². The Labute approximate surface area is 402 Å². The molecule has 0 spiro atoms. The fraction of sp³-hybridized carbons (Fsp3) is 0.955. The van der Waals surface area contributed by atoms with Crippen LogP contribution in [-0.4, -0.2) is 264 Å². The molecule has 3 saturated heterocycles. The van der Waals surface area contributed by atoms with Crippen LogP contribution >= 0.6 is 0 Å². The molecule has 3 heterocycles. The zero-order chi connectivity index (χ0) is 54.0. The Bertz CT molecular complexity index is 1500. The van der Waals surface area contributed by atoms with Crippen molar-refractivity contribution in [1.82, 2.24) is 0 Å². The largest absolute Gasteiger partial charge is 0.394 e. The highest BCUT2D eigenvalue weighted by Gasteiger charge is 2.50. The van der Waals surface area contributed by atoms with Crippen LogP contribution in [0.1, 0.15) is 89.0 Å². The Morgan fingerprint density at radius 3 is 1.20 bits per heavy atom. The number of aliphatic hydroxyl groups is 18. The van der Waals surface area contributed by atoms with Gasteiger partial charge in [0, 0.05) is 10.8 Å². The van der Waals surface area contributed by atoms with Gasteiger partial charge in [0.15, 0.2) is 24.1 Å². The summed E-state index contributed by atoms with van der Waals surface area (Å²) in [6, 6.07) is 0. The van der Waals surface area contributed by atoms with Crippen molar-refractivity contribution in [3.05, 3.63) is 0 Å². The maximum Gasteiger partial charge on any atom is 0.187 e. The third-order valence-corrected chi connectivity index (χ3v) is 12.0. The van der Waals surface area contributed by atoms with E-state index in [-0.39, 0.29) is 18.4 Å². The summed E-state index contributed by atoms with van der Waals surface area (Å²) >= 11 is 0. The standard InChI is InChI=1S/2C17H32O10.C10H20O5/c1-5-8-9(20)10(21)13(24)16(26-8)27-14(7(19)6-18)11(22)12(23)15(25)17(2,3)4;1-5-7-9(19)12(22)14(24)16(26-7)27-8(6-18)10(20)11(21)13(23)15(25)17(2,3)4;1-10(2,3)9-8(14)7(13)6(12)5(4-11)15-9/h2*7-14,16,18-24H,5-6H2,1-4H3;5-9,11-14H,4H2,1-3H3/t7-,8-,9+,10+,11-,12-,13-,14-,16?;7-,8-,9+,10-,11+,12+,13-,14-,16?;5?,6-,7-,8?,9?/m110/s1. The Morgan fingerprint density at radius 1 is 0.478 bits per heavy atom. The second-order valence-corrected chi connectivity index (χ2v) is 20.8. The molecule has 3 aliphatic heterocycles. The van der Waals surface area contributed by atoms with E-state index in [1.807, 2.05) is 20.8 Å². The highest BCUT2D eigenvalue weighted by molar-refractivity contribution is 5.88. The van der Waals surface area contributed by atoms with Gasteiger partial charge in [0.1, 0.15) is 110 Å². The van der Waals surface area contributed by atoms with Crippen molar-refractivity contribution >= 4 is 11.6 Å². The van der Waals surface area contributed by atoms with Gasteiger partial charge >= 0.3 is 0 Å². The molecule has 25 heteroatoms. The van der Waals surface area contributed by atoms with Crippen LogP contribution in [0.2, 0.25) is 0 Å². The van der Waals surface area contributed by atoms with Gasteiger partial charge in [0.25, 0.3) is 0 Å². The molecule has 410 valence electrons. The van der Waals surface area contributed by atoms with Crippen molar-refractivity contribution in [1.29, 1.82) is 0 Å². The van der Waals surface area contributed by atoms with Crippen molar-refractivity contribution in [3.63, 3.8) is 0 Å². The molecule has 0 saturated carbocycles. The molecule has 3 aliphatic rings. The minimum absolute atomic E-state index is 0.270. The fourth-order valence-electron chi connectivity index (χ4n) is 7.40. The van der Waals surface area contributed by atoms with Crippen molar-refractivity contribution in [2.24, 2.45) is 16.2 Å². The Morgan fingerprint density at radius 2 is 0.855 bits per heavy atom. The molecule has 0 amide bonds. The summed E-state index contributed by atoms with van der Waals surface area (Å²) in [4.78, 5) is 24.3. The lowest BCUT2D eigenvalue weighted by Gasteiger charge is -2.45. The van der Waals surface area contributed by atoms with E-state index >= 15 is 0 Å². The lowest BCUT2D eigenvalue weighted by Crippen LogP contribution is -2.61. The molecule has 0 aliphatic carbocycles. The smallest absolute Gasteiger partial charge is 0.187 e. The van der Waals surface area contributed by atoms with Gasteiger partial charge in [-0.1, -0.05) is 76.2 Å². The van der Waals surface area contributed by atoms with Gasteiger partial charge < -0.3 is 116 Å². The summed E-state index contributed by atoms with van der Waals surface area (Å²) in [6.45, 7) is 16.0. The van der Waals surface area contributed by atoms with Crippen LogP contribution in [0.4, 0.5) is 0 Å². The van der Waals surface area contributed by atoms with Gasteiger partial charge in [0.2, 0.25) is 0 Å². The van der Waals surface area contributed by atoms with Crippen molar-refractivity contribution in [3.8, 4) is 0 Å². The quantitative estimate of drug-likeness (QED) is 0.0644. The molecule has 3 rings (SSSR count). The first-order valence-electron chi connectivity index (χ1n) is 22.9. The van der Waals surface area contributed by atoms with Crippen LogP contribution in [-0.2, 0) is 33.3 Å². The first-order valence-corrected chi connectivity index (χ1v) is 22.9. The van der Waals surface area contributed by atoms with Gasteiger partial charge in [-0.3, -0.25) is 9.59 Å². The number of hydrogen-bond donors (Lipinski definition) is 18. The molecular weight excluding hydrogens is 928 g/mol. The number of ether oxygens (including phenoxy) is 5. The van der Waals surface area contributed by atoms with E-state index in [0.717, 1.165) is 0 Å². The topological polar surface area (TPSA) is 444 Å². The first-order chi connectivity index (χ1) is 31.5. The number of hydrogen-bond acceptors (Lipinski definition) is 25. The molecule has 25 nitrogen and oxygen atoms in total. The van der Waals surface area contributed by atoms with E-state index in [0.29, 0.717) is 6.42 Å². The molecule has 5 unspecified atom stereocenters. The highest BCUT2D eigenvalue weighted by atomic mass is 16.7. The number of ketones is 2. The third kappa shape index (κ3) is 17.2. The highest BCUT2D eigenvalue weighted by Crippen LogP contribution is 2.33. The number of carbonyl (C=O) groups excluding carboxylic acids is 2. The molecule has 18 N–H and O–H groups in total. The average Bonchev–Trinajstić information content (AvgIpc) is 3.28. The SMILES string of the molecule is CC(C)(C)C1OC(CO)[C@H](O)[C@H](O)C1O.CC[C@H]1OC(O[C@@H]([C@H](O)[C@@H](O)C(=O)C(C)(C)C)[C@H](O)CO)[C@H](O)[C@@H](O)[C@H]1O.CC[C@H]1OC(O[C@H](CO)[C@@H](O)[C@H](O)[C@@H](O)C(=O)C(C)(C)C)[C@H](O)[C@@H](O)[C@H]1O. The Balaban J connectivity index is 0.000000539.